The highest BCUT2D eigenvalue weighted by Gasteiger charge is 2.20. The van der Waals surface area contributed by atoms with Gasteiger partial charge in [0.15, 0.2) is 11.6 Å². The Hall–Kier alpha value is -1.21. The molecule has 0 aliphatic carbocycles. The van der Waals surface area contributed by atoms with Crippen LogP contribution in [0.25, 0.3) is 0 Å². The lowest BCUT2D eigenvalue weighted by Gasteiger charge is -2.06. The zero-order chi connectivity index (χ0) is 11.6. The average Bonchev–Trinajstić information content (AvgIpc) is 2.20. The average molecular weight is 237 g/mol. The van der Waals surface area contributed by atoms with Gasteiger partial charge in [-0.05, 0) is 7.05 Å². The number of ether oxygens (including phenoxy) is 1. The van der Waals surface area contributed by atoms with E-state index in [2.05, 4.69) is 4.74 Å². The monoisotopic (exact) mass is 237 g/mol. The van der Waals surface area contributed by atoms with Crippen molar-refractivity contribution in [1.29, 1.82) is 0 Å². The highest BCUT2D eigenvalue weighted by molar-refractivity contribution is 7.89. The number of halogens is 2. The largest absolute Gasteiger partial charge is 0.494 e. The first kappa shape index (κ1) is 11.9. The van der Waals surface area contributed by atoms with Gasteiger partial charge in [-0.25, -0.2) is 21.9 Å². The van der Waals surface area contributed by atoms with Crippen LogP contribution in [-0.4, -0.2) is 22.6 Å². The lowest BCUT2D eigenvalue weighted by atomic mass is 10.3. The Balaban J connectivity index is 3.41. The fourth-order valence-electron chi connectivity index (χ4n) is 0.983. The summed E-state index contributed by atoms with van der Waals surface area (Å²) < 4.78 is 55.2. The lowest BCUT2D eigenvalue weighted by molar-refractivity contribution is 0.380. The molecule has 15 heavy (non-hydrogen) atoms. The van der Waals surface area contributed by atoms with Crippen LogP contribution in [0.3, 0.4) is 0 Å². The van der Waals surface area contributed by atoms with Crippen molar-refractivity contribution in [2.45, 2.75) is 4.90 Å². The first-order valence-electron chi connectivity index (χ1n) is 3.89. The van der Waals surface area contributed by atoms with Gasteiger partial charge < -0.3 is 4.74 Å². The van der Waals surface area contributed by atoms with Crippen molar-refractivity contribution in [2.75, 3.05) is 14.2 Å². The lowest BCUT2D eigenvalue weighted by Crippen LogP contribution is -2.20. The fourth-order valence-corrected chi connectivity index (χ4v) is 1.78. The summed E-state index contributed by atoms with van der Waals surface area (Å²) in [5.41, 5.74) is 0. The van der Waals surface area contributed by atoms with Gasteiger partial charge in [-0.1, -0.05) is 0 Å². The van der Waals surface area contributed by atoms with Crippen LogP contribution in [0.15, 0.2) is 17.0 Å². The SMILES string of the molecule is CNS(=O)(=O)c1cc(F)c(OC)cc1F. The predicted molar refractivity (Wildman–Crippen MR) is 49.2 cm³/mol. The van der Waals surface area contributed by atoms with Crippen LogP contribution in [0.2, 0.25) is 0 Å². The number of rotatable bonds is 3. The Morgan fingerprint density at radius 1 is 1.27 bits per heavy atom. The molecule has 0 atom stereocenters. The van der Waals surface area contributed by atoms with E-state index in [9.17, 15) is 17.2 Å². The summed E-state index contributed by atoms with van der Waals surface area (Å²) in [6.07, 6.45) is 0. The number of benzene rings is 1. The Morgan fingerprint density at radius 3 is 2.33 bits per heavy atom. The van der Waals surface area contributed by atoms with E-state index in [1.807, 2.05) is 4.72 Å². The molecule has 0 bridgehead atoms. The highest BCUT2D eigenvalue weighted by Crippen LogP contribution is 2.23. The third kappa shape index (κ3) is 2.24. The summed E-state index contributed by atoms with van der Waals surface area (Å²) in [6, 6.07) is 1.25. The van der Waals surface area contributed by atoms with Crippen molar-refractivity contribution in [3.8, 4) is 5.75 Å². The molecular formula is C8H9F2NO3S. The minimum atomic E-state index is -4.00. The summed E-state index contributed by atoms with van der Waals surface area (Å²) in [5.74, 6) is -2.35. The van der Waals surface area contributed by atoms with Crippen LogP contribution in [0.4, 0.5) is 8.78 Å². The Labute approximate surface area is 85.9 Å². The zero-order valence-electron chi connectivity index (χ0n) is 8.04. The third-order valence-corrected chi connectivity index (χ3v) is 3.19. The molecule has 1 rings (SSSR count). The summed E-state index contributed by atoms with van der Waals surface area (Å²) in [7, 11) is -1.73. The fraction of sp³-hybridized carbons (Fsp3) is 0.250. The second-order valence-corrected chi connectivity index (χ2v) is 4.48. The van der Waals surface area contributed by atoms with Gasteiger partial charge in [0.05, 0.1) is 7.11 Å². The van der Waals surface area contributed by atoms with E-state index in [-0.39, 0.29) is 5.75 Å². The maximum Gasteiger partial charge on any atom is 0.243 e. The minimum absolute atomic E-state index is 0.345. The van der Waals surface area contributed by atoms with Crippen molar-refractivity contribution in [2.24, 2.45) is 0 Å². The first-order valence-corrected chi connectivity index (χ1v) is 5.37. The topological polar surface area (TPSA) is 55.4 Å². The first-order chi connectivity index (χ1) is 6.92. The van der Waals surface area contributed by atoms with Crippen LogP contribution in [0, 0.1) is 11.6 Å². The van der Waals surface area contributed by atoms with E-state index in [1.54, 1.807) is 0 Å². The smallest absolute Gasteiger partial charge is 0.243 e. The summed E-state index contributed by atoms with van der Waals surface area (Å²) >= 11 is 0. The Kier molecular flexibility index (Phi) is 3.25. The van der Waals surface area contributed by atoms with Gasteiger partial charge >= 0.3 is 0 Å². The van der Waals surface area contributed by atoms with E-state index in [1.165, 1.54) is 0 Å². The van der Waals surface area contributed by atoms with Gasteiger partial charge in [0.2, 0.25) is 10.0 Å². The molecule has 1 aromatic carbocycles. The van der Waals surface area contributed by atoms with Crippen molar-refractivity contribution in [1.82, 2.24) is 4.72 Å². The van der Waals surface area contributed by atoms with E-state index < -0.39 is 26.6 Å². The molecule has 0 aliphatic rings. The summed E-state index contributed by atoms with van der Waals surface area (Å²) in [5, 5.41) is 0. The van der Waals surface area contributed by atoms with Crippen LogP contribution in [0.5, 0.6) is 5.75 Å². The molecule has 4 nitrogen and oxygen atoms in total. The number of methoxy groups -OCH3 is 1. The molecule has 84 valence electrons. The molecule has 1 N–H and O–H groups in total. The number of nitrogens with one attached hydrogen (secondary N) is 1. The number of sulfonamides is 1. The van der Waals surface area contributed by atoms with Crippen molar-refractivity contribution >= 4 is 10.0 Å². The van der Waals surface area contributed by atoms with Gasteiger partial charge in [0.25, 0.3) is 0 Å². The van der Waals surface area contributed by atoms with Gasteiger partial charge in [-0.2, -0.15) is 0 Å². The van der Waals surface area contributed by atoms with Crippen molar-refractivity contribution in [3.63, 3.8) is 0 Å². The van der Waals surface area contributed by atoms with Crippen LogP contribution in [-0.2, 0) is 10.0 Å². The summed E-state index contributed by atoms with van der Waals surface area (Å²) in [6.45, 7) is 0. The molecular weight excluding hydrogens is 228 g/mol. The maximum absolute atomic E-state index is 13.2. The number of hydrogen-bond acceptors (Lipinski definition) is 3. The van der Waals surface area contributed by atoms with Crippen LogP contribution >= 0.6 is 0 Å². The second-order valence-electron chi connectivity index (χ2n) is 2.62. The Bertz CT molecular complexity index is 473. The van der Waals surface area contributed by atoms with E-state index in [4.69, 9.17) is 0 Å². The van der Waals surface area contributed by atoms with Gasteiger partial charge in [0.1, 0.15) is 10.7 Å². The molecule has 0 aromatic heterocycles. The van der Waals surface area contributed by atoms with Gasteiger partial charge in [0, 0.05) is 12.1 Å². The highest BCUT2D eigenvalue weighted by atomic mass is 32.2. The molecule has 7 heteroatoms. The molecule has 0 radical (unpaired) electrons. The molecule has 0 amide bonds. The molecule has 0 saturated heterocycles. The molecule has 0 saturated carbocycles. The second kappa shape index (κ2) is 4.11. The molecule has 0 spiro atoms. The third-order valence-electron chi connectivity index (χ3n) is 1.76. The Morgan fingerprint density at radius 2 is 1.87 bits per heavy atom. The normalized spacial score (nSPS) is 11.5. The minimum Gasteiger partial charge on any atom is -0.494 e. The van der Waals surface area contributed by atoms with E-state index in [0.717, 1.165) is 14.2 Å². The molecule has 1 aromatic rings. The predicted octanol–water partition coefficient (Wildman–Crippen LogP) is 0.881. The van der Waals surface area contributed by atoms with Crippen molar-refractivity contribution in [3.05, 3.63) is 23.8 Å². The standard InChI is InChI=1S/C8H9F2NO3S/c1-11-15(12,13)8-4-5(9)7(14-2)3-6(8)10/h3-4,11H,1-2H3. The van der Waals surface area contributed by atoms with Crippen molar-refractivity contribution < 1.29 is 21.9 Å². The maximum atomic E-state index is 13.2. The van der Waals surface area contributed by atoms with Gasteiger partial charge in [-0.3, -0.25) is 0 Å². The number of hydrogen-bond donors (Lipinski definition) is 1. The zero-order valence-corrected chi connectivity index (χ0v) is 8.86. The van der Waals surface area contributed by atoms with E-state index in [0.29, 0.717) is 12.1 Å². The quantitative estimate of drug-likeness (QED) is 0.849. The molecule has 0 unspecified atom stereocenters. The van der Waals surface area contributed by atoms with Gasteiger partial charge in [-0.15, -0.1) is 0 Å². The van der Waals surface area contributed by atoms with Crippen LogP contribution in [0.1, 0.15) is 0 Å². The molecule has 0 fully saturated rings. The summed E-state index contributed by atoms with van der Waals surface area (Å²) in [4.78, 5) is -0.747. The molecule has 0 heterocycles. The molecule has 0 aliphatic heterocycles. The van der Waals surface area contributed by atoms with Crippen LogP contribution < -0.4 is 9.46 Å². The van der Waals surface area contributed by atoms with E-state index >= 15 is 0 Å².